The van der Waals surface area contributed by atoms with Crippen molar-refractivity contribution in [1.82, 2.24) is 4.72 Å². The van der Waals surface area contributed by atoms with Crippen LogP contribution in [0.5, 0.6) is 0 Å². The Morgan fingerprint density at radius 3 is 2.69 bits per heavy atom. The number of rotatable bonds is 3. The zero-order chi connectivity index (χ0) is 11.8. The van der Waals surface area contributed by atoms with Crippen LogP contribution in [0.3, 0.4) is 0 Å². The van der Waals surface area contributed by atoms with Crippen LogP contribution in [0.1, 0.15) is 5.56 Å². The molecular weight excluding hydrogens is 285 g/mol. The highest BCUT2D eigenvalue weighted by molar-refractivity contribution is 8.09. The lowest BCUT2D eigenvalue weighted by molar-refractivity contribution is -0.117. The van der Waals surface area contributed by atoms with Crippen LogP contribution >= 0.6 is 46.3 Å². The van der Waals surface area contributed by atoms with Crippen LogP contribution < -0.4 is 4.72 Å². The van der Waals surface area contributed by atoms with Crippen LogP contribution in [-0.2, 0) is 10.5 Å². The number of hydrogen-bond donors (Lipinski definition) is 1. The third-order valence-corrected chi connectivity index (χ3v) is 3.51. The summed E-state index contributed by atoms with van der Waals surface area (Å²) < 4.78 is 5.35. The summed E-state index contributed by atoms with van der Waals surface area (Å²) >= 11 is 13.2. The SMILES string of the molecule is O=C(NSC#SCc1ccccc1)C(Cl)Cl. The molecule has 0 radical (unpaired) electrons. The predicted octanol–water partition coefficient (Wildman–Crippen LogP) is 3.40. The van der Waals surface area contributed by atoms with Gasteiger partial charge in [0, 0.05) is 22.2 Å². The molecule has 16 heavy (non-hydrogen) atoms. The van der Waals surface area contributed by atoms with Gasteiger partial charge in [-0.25, -0.2) is 0 Å². The van der Waals surface area contributed by atoms with Crippen LogP contribution in [-0.4, -0.2) is 10.7 Å². The molecule has 86 valence electrons. The summed E-state index contributed by atoms with van der Waals surface area (Å²) in [5.41, 5.74) is 1.21. The molecule has 0 aromatic heterocycles. The molecule has 1 aromatic carbocycles. The summed E-state index contributed by atoms with van der Waals surface area (Å²) in [6.45, 7) is 0. The predicted molar refractivity (Wildman–Crippen MR) is 72.9 cm³/mol. The summed E-state index contributed by atoms with van der Waals surface area (Å²) in [6.07, 6.45) is 0. The molecule has 1 aromatic rings. The Morgan fingerprint density at radius 2 is 2.06 bits per heavy atom. The van der Waals surface area contributed by atoms with Crippen molar-refractivity contribution in [2.24, 2.45) is 0 Å². The molecule has 1 rings (SSSR count). The highest BCUT2D eigenvalue weighted by atomic mass is 35.5. The largest absolute Gasteiger partial charge is 0.287 e. The first-order chi connectivity index (χ1) is 7.70. The fourth-order valence-corrected chi connectivity index (χ4v) is 2.29. The first kappa shape index (κ1) is 13.7. The van der Waals surface area contributed by atoms with Gasteiger partial charge in [0.15, 0.2) is 4.84 Å². The number of nitrogens with one attached hydrogen (secondary N) is 1. The van der Waals surface area contributed by atoms with Crippen molar-refractivity contribution in [3.8, 4) is 4.52 Å². The zero-order valence-corrected chi connectivity index (χ0v) is 11.3. The van der Waals surface area contributed by atoms with Gasteiger partial charge in [-0.2, -0.15) is 0 Å². The number of alkyl halides is 2. The fourth-order valence-electron chi connectivity index (χ4n) is 0.832. The minimum absolute atomic E-state index is 0.429. The van der Waals surface area contributed by atoms with Gasteiger partial charge in [-0.15, -0.1) is 11.2 Å². The molecule has 1 N–H and O–H groups in total. The molecule has 1 amide bonds. The smallest absolute Gasteiger partial charge is 0.263 e. The highest BCUT2D eigenvalue weighted by Gasteiger charge is 2.09. The fraction of sp³-hybridized carbons (Fsp3) is 0.200. The number of benzene rings is 1. The third-order valence-electron chi connectivity index (χ3n) is 1.53. The van der Waals surface area contributed by atoms with Crippen LogP contribution in [0.15, 0.2) is 30.3 Å². The van der Waals surface area contributed by atoms with E-state index in [4.69, 9.17) is 23.2 Å². The third kappa shape index (κ3) is 5.64. The van der Waals surface area contributed by atoms with Crippen molar-refractivity contribution in [1.29, 1.82) is 0 Å². The van der Waals surface area contributed by atoms with E-state index in [9.17, 15) is 4.79 Å². The molecule has 0 saturated carbocycles. The maximum atomic E-state index is 10.9. The molecule has 0 heterocycles. The van der Waals surface area contributed by atoms with Crippen molar-refractivity contribution < 1.29 is 4.79 Å². The number of carbonyl (C=O) groups is 1. The Labute approximate surface area is 112 Å². The van der Waals surface area contributed by atoms with Crippen LogP contribution in [0.4, 0.5) is 0 Å². The van der Waals surface area contributed by atoms with Gasteiger partial charge in [-0.1, -0.05) is 53.5 Å². The molecule has 0 atom stereocenters. The standard InChI is InChI=1S/C10H9Cl2NOS2/c11-9(12)10(14)13-16-7-15-6-8-4-2-1-3-5-8/h1-5,9H,6H2,(H,13,14). The highest BCUT2D eigenvalue weighted by Crippen LogP contribution is 2.07. The zero-order valence-electron chi connectivity index (χ0n) is 8.15. The van der Waals surface area contributed by atoms with Crippen molar-refractivity contribution in [2.45, 2.75) is 10.6 Å². The van der Waals surface area contributed by atoms with Crippen molar-refractivity contribution in [3.63, 3.8) is 0 Å². The second-order valence-electron chi connectivity index (χ2n) is 2.73. The first-order valence-electron chi connectivity index (χ1n) is 4.34. The van der Waals surface area contributed by atoms with Crippen molar-refractivity contribution in [2.75, 3.05) is 0 Å². The number of halogens is 2. The molecule has 0 aliphatic heterocycles. The van der Waals surface area contributed by atoms with Gasteiger partial charge in [0.1, 0.15) is 0 Å². The summed E-state index contributed by atoms with van der Waals surface area (Å²) in [4.78, 5) is 9.90. The molecule has 0 saturated heterocycles. The quantitative estimate of drug-likeness (QED) is 0.684. The summed E-state index contributed by atoms with van der Waals surface area (Å²) in [5.74, 6) is 0.385. The van der Waals surface area contributed by atoms with Gasteiger partial charge in [0.25, 0.3) is 5.91 Å². The number of hydrogen-bond acceptors (Lipinski definition) is 2. The van der Waals surface area contributed by atoms with E-state index in [0.29, 0.717) is 0 Å². The van der Waals surface area contributed by atoms with E-state index in [0.717, 1.165) is 17.7 Å². The average Bonchev–Trinajstić information content (AvgIpc) is 2.29. The van der Waals surface area contributed by atoms with Gasteiger partial charge >= 0.3 is 0 Å². The molecule has 6 heteroatoms. The Hall–Kier alpha value is -0.380. The molecule has 0 spiro atoms. The summed E-state index contributed by atoms with van der Waals surface area (Å²) in [7, 11) is 0. The normalized spacial score (nSPS) is 9.69. The Bertz CT molecular complexity index is 400. The topological polar surface area (TPSA) is 29.1 Å². The van der Waals surface area contributed by atoms with E-state index in [2.05, 4.69) is 9.24 Å². The molecule has 0 aliphatic rings. The molecule has 0 bridgehead atoms. The summed E-state index contributed by atoms with van der Waals surface area (Å²) in [6, 6.07) is 10.0. The van der Waals surface area contributed by atoms with E-state index in [1.54, 1.807) is 0 Å². The minimum Gasteiger partial charge on any atom is -0.287 e. The lowest BCUT2D eigenvalue weighted by Crippen LogP contribution is -2.21. The van der Waals surface area contributed by atoms with E-state index in [1.807, 2.05) is 30.3 Å². The van der Waals surface area contributed by atoms with Crippen LogP contribution in [0, 0.1) is 4.52 Å². The van der Waals surface area contributed by atoms with E-state index in [1.165, 1.54) is 16.7 Å². The lowest BCUT2D eigenvalue weighted by Gasteiger charge is -1.97. The van der Waals surface area contributed by atoms with Crippen LogP contribution in [0.2, 0.25) is 0 Å². The van der Waals surface area contributed by atoms with Gasteiger partial charge in [0.05, 0.1) is 0 Å². The number of amides is 1. The average molecular weight is 294 g/mol. The van der Waals surface area contributed by atoms with E-state index >= 15 is 0 Å². The second kappa shape index (κ2) is 7.82. The molecule has 0 fully saturated rings. The maximum Gasteiger partial charge on any atom is 0.263 e. The van der Waals surface area contributed by atoms with Gasteiger partial charge < -0.3 is 0 Å². The first-order valence-corrected chi connectivity index (χ1v) is 7.02. The van der Waals surface area contributed by atoms with Gasteiger partial charge in [0.2, 0.25) is 0 Å². The Kier molecular flexibility index (Phi) is 6.69. The lowest BCUT2D eigenvalue weighted by atomic mass is 10.2. The Balaban J connectivity index is 2.27. The molecule has 0 unspecified atom stereocenters. The Morgan fingerprint density at radius 1 is 1.38 bits per heavy atom. The molecular formula is C10H9Cl2NOS2. The minimum atomic E-state index is -1.03. The molecule has 0 aliphatic carbocycles. The second-order valence-corrected chi connectivity index (χ2v) is 5.48. The summed E-state index contributed by atoms with van der Waals surface area (Å²) in [5, 5.41) is 0. The maximum absolute atomic E-state index is 10.9. The van der Waals surface area contributed by atoms with Gasteiger partial charge in [-0.05, 0) is 5.56 Å². The van der Waals surface area contributed by atoms with Crippen LogP contribution in [0.25, 0.3) is 0 Å². The molecule has 2 nitrogen and oxygen atoms in total. The van der Waals surface area contributed by atoms with E-state index in [-0.39, 0.29) is 0 Å². The van der Waals surface area contributed by atoms with Crippen molar-refractivity contribution >= 4 is 52.2 Å². The van der Waals surface area contributed by atoms with Crippen molar-refractivity contribution in [3.05, 3.63) is 35.9 Å². The van der Waals surface area contributed by atoms with Gasteiger partial charge in [-0.3, -0.25) is 9.52 Å². The number of carbonyl (C=O) groups excluding carboxylic acids is 1. The monoisotopic (exact) mass is 293 g/mol. The van der Waals surface area contributed by atoms with E-state index < -0.39 is 10.7 Å².